The lowest BCUT2D eigenvalue weighted by Gasteiger charge is -2.36. The van der Waals surface area contributed by atoms with Crippen LogP contribution in [0.3, 0.4) is 0 Å². The maximum atomic E-state index is 13.0. The van der Waals surface area contributed by atoms with Crippen molar-refractivity contribution in [2.24, 2.45) is 5.92 Å². The van der Waals surface area contributed by atoms with E-state index in [-0.39, 0.29) is 18.1 Å². The van der Waals surface area contributed by atoms with Crippen molar-refractivity contribution in [2.45, 2.75) is 52.4 Å². The summed E-state index contributed by atoms with van der Waals surface area (Å²) in [7, 11) is 0. The number of morpholine rings is 1. The topological polar surface area (TPSA) is 62.2 Å². The van der Waals surface area contributed by atoms with Crippen molar-refractivity contribution in [3.63, 3.8) is 0 Å². The van der Waals surface area contributed by atoms with Gasteiger partial charge in [0.2, 0.25) is 0 Å². The second kappa shape index (κ2) is 12.3. The fraction of sp³-hybridized carbons (Fsp3) is 0.696. The molecule has 2 rings (SSSR count). The summed E-state index contributed by atoms with van der Waals surface area (Å²) < 4.78 is 11.5. The largest absolute Gasteiger partial charge is 0.389 e. The number of rotatable bonds is 11. The molecule has 1 amide bonds. The van der Waals surface area contributed by atoms with E-state index in [2.05, 4.69) is 18.7 Å². The maximum Gasteiger partial charge on any atom is 0.253 e. The fourth-order valence-corrected chi connectivity index (χ4v) is 3.41. The predicted octanol–water partition coefficient (Wildman–Crippen LogP) is 2.66. The van der Waals surface area contributed by atoms with Gasteiger partial charge in [0.25, 0.3) is 5.91 Å². The van der Waals surface area contributed by atoms with E-state index >= 15 is 0 Å². The Kier molecular flexibility index (Phi) is 10.1. The molecule has 1 fully saturated rings. The summed E-state index contributed by atoms with van der Waals surface area (Å²) in [5.41, 5.74) is 0.713. The van der Waals surface area contributed by atoms with E-state index in [4.69, 9.17) is 9.47 Å². The Bertz CT molecular complexity index is 594. The number of amides is 1. The summed E-state index contributed by atoms with van der Waals surface area (Å²) in [6.07, 6.45) is 0.502. The lowest BCUT2D eigenvalue weighted by molar-refractivity contribution is -0.0628. The average Bonchev–Trinajstić information content (AvgIpc) is 2.70. The van der Waals surface area contributed by atoms with Gasteiger partial charge in [-0.2, -0.15) is 0 Å². The van der Waals surface area contributed by atoms with Gasteiger partial charge in [-0.05, 0) is 38.3 Å². The van der Waals surface area contributed by atoms with Gasteiger partial charge in [-0.1, -0.05) is 32.0 Å². The molecule has 2 atom stereocenters. The van der Waals surface area contributed by atoms with Crippen molar-refractivity contribution in [1.29, 1.82) is 0 Å². The molecule has 0 radical (unpaired) electrons. The summed E-state index contributed by atoms with van der Waals surface area (Å²) >= 11 is 0. The van der Waals surface area contributed by atoms with Crippen LogP contribution < -0.4 is 0 Å². The highest BCUT2D eigenvalue weighted by molar-refractivity contribution is 5.94. The number of ether oxygens (including phenoxy) is 2. The molecule has 0 spiro atoms. The van der Waals surface area contributed by atoms with Crippen LogP contribution in [0.2, 0.25) is 0 Å². The molecule has 0 bridgehead atoms. The van der Waals surface area contributed by atoms with Crippen LogP contribution in [-0.2, 0) is 9.47 Å². The minimum absolute atomic E-state index is 0.0531. The third kappa shape index (κ3) is 8.83. The summed E-state index contributed by atoms with van der Waals surface area (Å²) in [6, 6.07) is 9.44. The summed E-state index contributed by atoms with van der Waals surface area (Å²) in [5, 5.41) is 10.2. The summed E-state index contributed by atoms with van der Waals surface area (Å²) in [4.78, 5) is 17.2. The molecule has 0 unspecified atom stereocenters. The predicted molar refractivity (Wildman–Crippen MR) is 115 cm³/mol. The maximum absolute atomic E-state index is 13.0. The number of benzene rings is 1. The van der Waals surface area contributed by atoms with Crippen LogP contribution in [0, 0.1) is 5.92 Å². The molecule has 1 aliphatic heterocycles. The van der Waals surface area contributed by atoms with Crippen LogP contribution in [0.5, 0.6) is 0 Å². The first-order valence-corrected chi connectivity index (χ1v) is 10.8. The highest BCUT2D eigenvalue weighted by Gasteiger charge is 2.26. The molecule has 0 saturated carbocycles. The molecule has 1 aliphatic rings. The first-order chi connectivity index (χ1) is 13.8. The lowest BCUT2D eigenvalue weighted by atomic mass is 10.1. The molecule has 1 N–H and O–H groups in total. The van der Waals surface area contributed by atoms with Crippen LogP contribution in [0.15, 0.2) is 30.3 Å². The normalized spacial score (nSPS) is 18.9. The molecule has 29 heavy (non-hydrogen) atoms. The molecule has 6 nitrogen and oxygen atoms in total. The van der Waals surface area contributed by atoms with Gasteiger partial charge in [-0.3, -0.25) is 9.69 Å². The number of β-amino-alcohol motifs (C(OH)–C–C–N with tert-alkyl or cyclic N) is 1. The summed E-state index contributed by atoms with van der Waals surface area (Å²) in [6.45, 7) is 12.6. The fourth-order valence-electron chi connectivity index (χ4n) is 3.41. The number of carbonyl (C=O) groups excluding carboxylic acids is 1. The zero-order chi connectivity index (χ0) is 21.2. The first kappa shape index (κ1) is 23.8. The Morgan fingerprint density at radius 1 is 1.28 bits per heavy atom. The number of carbonyl (C=O) groups is 1. The van der Waals surface area contributed by atoms with E-state index in [0.29, 0.717) is 44.3 Å². The van der Waals surface area contributed by atoms with Gasteiger partial charge >= 0.3 is 0 Å². The Labute approximate surface area is 175 Å². The zero-order valence-electron chi connectivity index (χ0n) is 18.4. The molecule has 1 aromatic carbocycles. The van der Waals surface area contributed by atoms with Gasteiger partial charge < -0.3 is 19.5 Å². The molecular weight excluding hydrogens is 368 g/mol. The standard InChI is InChI=1S/C23H38N2O4/c1-18(2)10-11-25(23(27)20-8-6-5-7-9-20)16-22-15-24(12-13-28-22)14-21(26)17-29-19(3)4/h5-9,18-19,21-22,26H,10-17H2,1-4H3/t21-,22+/m0/s1. The van der Waals surface area contributed by atoms with Crippen LogP contribution in [0.1, 0.15) is 44.5 Å². The lowest BCUT2D eigenvalue weighted by Crippen LogP contribution is -2.51. The SMILES string of the molecule is CC(C)CCN(C[C@H]1CN(C[C@H](O)COC(C)C)CCO1)C(=O)c1ccccc1. The Balaban J connectivity index is 1.93. The Morgan fingerprint density at radius 3 is 2.66 bits per heavy atom. The van der Waals surface area contributed by atoms with Crippen LogP contribution in [-0.4, -0.2) is 85.1 Å². The van der Waals surface area contributed by atoms with Crippen LogP contribution in [0.4, 0.5) is 0 Å². The van der Waals surface area contributed by atoms with Crippen molar-refractivity contribution in [1.82, 2.24) is 9.80 Å². The first-order valence-electron chi connectivity index (χ1n) is 10.8. The number of hydrogen-bond acceptors (Lipinski definition) is 5. The van der Waals surface area contributed by atoms with E-state index in [1.54, 1.807) is 0 Å². The number of nitrogens with zero attached hydrogens (tertiary/aromatic N) is 2. The molecular formula is C23H38N2O4. The van der Waals surface area contributed by atoms with E-state index < -0.39 is 6.10 Å². The van der Waals surface area contributed by atoms with E-state index in [1.807, 2.05) is 49.1 Å². The van der Waals surface area contributed by atoms with Crippen LogP contribution >= 0.6 is 0 Å². The second-order valence-electron chi connectivity index (χ2n) is 8.59. The highest BCUT2D eigenvalue weighted by atomic mass is 16.5. The third-order valence-corrected chi connectivity index (χ3v) is 5.02. The number of aliphatic hydroxyl groups is 1. The van der Waals surface area contributed by atoms with Crippen molar-refractivity contribution in [3.05, 3.63) is 35.9 Å². The zero-order valence-corrected chi connectivity index (χ0v) is 18.4. The van der Waals surface area contributed by atoms with E-state index in [0.717, 1.165) is 19.5 Å². The van der Waals surface area contributed by atoms with E-state index in [9.17, 15) is 9.90 Å². The third-order valence-electron chi connectivity index (χ3n) is 5.02. The molecule has 6 heteroatoms. The van der Waals surface area contributed by atoms with Crippen molar-refractivity contribution in [2.75, 3.05) is 45.9 Å². The molecule has 1 aromatic rings. The molecule has 164 valence electrons. The summed E-state index contributed by atoms with van der Waals surface area (Å²) in [5.74, 6) is 0.582. The number of aliphatic hydroxyl groups excluding tert-OH is 1. The highest BCUT2D eigenvalue weighted by Crippen LogP contribution is 2.13. The number of hydrogen-bond donors (Lipinski definition) is 1. The molecule has 0 aromatic heterocycles. The average molecular weight is 407 g/mol. The van der Waals surface area contributed by atoms with Gasteiger partial charge in [0.15, 0.2) is 0 Å². The van der Waals surface area contributed by atoms with E-state index in [1.165, 1.54) is 0 Å². The quantitative estimate of drug-likeness (QED) is 0.612. The molecule has 1 saturated heterocycles. The second-order valence-corrected chi connectivity index (χ2v) is 8.59. The van der Waals surface area contributed by atoms with Crippen LogP contribution in [0.25, 0.3) is 0 Å². The van der Waals surface area contributed by atoms with Gasteiger partial charge in [0.05, 0.1) is 31.5 Å². The Morgan fingerprint density at radius 2 is 2.00 bits per heavy atom. The van der Waals surface area contributed by atoms with Gasteiger partial charge in [-0.15, -0.1) is 0 Å². The Hall–Kier alpha value is -1.47. The van der Waals surface area contributed by atoms with Gasteiger partial charge in [0, 0.05) is 38.3 Å². The van der Waals surface area contributed by atoms with Crippen molar-refractivity contribution in [3.8, 4) is 0 Å². The van der Waals surface area contributed by atoms with Gasteiger partial charge in [-0.25, -0.2) is 0 Å². The smallest absolute Gasteiger partial charge is 0.253 e. The van der Waals surface area contributed by atoms with Crippen molar-refractivity contribution >= 4 is 5.91 Å². The minimum atomic E-state index is -0.515. The van der Waals surface area contributed by atoms with Crippen molar-refractivity contribution < 1.29 is 19.4 Å². The monoisotopic (exact) mass is 406 g/mol. The van der Waals surface area contributed by atoms with Gasteiger partial charge in [0.1, 0.15) is 0 Å². The molecule has 0 aliphatic carbocycles. The molecule has 1 heterocycles. The minimum Gasteiger partial charge on any atom is -0.389 e.